The molecule has 3 aromatic rings. The summed E-state index contributed by atoms with van der Waals surface area (Å²) in [5.74, 6) is -0.392. The number of carbonyl (C=O) groups is 1. The van der Waals surface area contributed by atoms with E-state index in [0.717, 1.165) is 0 Å². The summed E-state index contributed by atoms with van der Waals surface area (Å²) >= 11 is 0. The van der Waals surface area contributed by atoms with Crippen LogP contribution < -0.4 is 5.69 Å². The fraction of sp³-hybridized carbons (Fsp3) is 0.231. The second kappa shape index (κ2) is 4.89. The minimum atomic E-state index is -1.02. The van der Waals surface area contributed by atoms with Gasteiger partial charge in [0.05, 0.1) is 16.6 Å². The average molecular weight is 287 g/mol. The number of fused-ring (bicyclic) bond motifs is 1. The molecule has 108 valence electrons. The first-order valence-corrected chi connectivity index (χ1v) is 6.35. The number of aromatic amines is 1. The molecule has 3 rings (SSSR count). The number of hydrogen-bond donors (Lipinski definition) is 2. The molecule has 0 amide bonds. The fourth-order valence-electron chi connectivity index (χ4n) is 2.22. The van der Waals surface area contributed by atoms with Gasteiger partial charge in [0.25, 0.3) is 0 Å². The highest BCUT2D eigenvalue weighted by Gasteiger charge is 2.11. The van der Waals surface area contributed by atoms with E-state index in [0.29, 0.717) is 29.8 Å². The maximum absolute atomic E-state index is 12.0. The Morgan fingerprint density at radius 1 is 1.43 bits per heavy atom. The Kier molecular flexibility index (Phi) is 3.05. The number of rotatable bonds is 4. The van der Waals surface area contributed by atoms with Crippen molar-refractivity contribution >= 4 is 17.0 Å². The van der Waals surface area contributed by atoms with Crippen molar-refractivity contribution in [2.24, 2.45) is 7.05 Å². The predicted octanol–water partition coefficient (Wildman–Crippen LogP) is 0.399. The summed E-state index contributed by atoms with van der Waals surface area (Å²) in [6.07, 6.45) is 2.08. The SMILES string of the molecule is Cn1cnc(CCn2c(=O)[nH]c3ccc(C(=O)O)cc32)n1. The summed E-state index contributed by atoms with van der Waals surface area (Å²) in [4.78, 5) is 29.8. The van der Waals surface area contributed by atoms with Gasteiger partial charge >= 0.3 is 11.7 Å². The number of aromatic nitrogens is 5. The lowest BCUT2D eigenvalue weighted by atomic mass is 10.2. The van der Waals surface area contributed by atoms with Crippen LogP contribution in [0.5, 0.6) is 0 Å². The zero-order chi connectivity index (χ0) is 15.0. The van der Waals surface area contributed by atoms with Crippen molar-refractivity contribution in [2.45, 2.75) is 13.0 Å². The Hall–Kier alpha value is -2.90. The number of nitrogens with zero attached hydrogens (tertiary/aromatic N) is 4. The molecule has 0 bridgehead atoms. The van der Waals surface area contributed by atoms with Crippen LogP contribution in [0, 0.1) is 0 Å². The molecule has 8 heteroatoms. The Morgan fingerprint density at radius 2 is 2.24 bits per heavy atom. The molecule has 0 saturated carbocycles. The van der Waals surface area contributed by atoms with Gasteiger partial charge in [0.15, 0.2) is 5.82 Å². The van der Waals surface area contributed by atoms with E-state index in [1.165, 1.54) is 16.7 Å². The topological polar surface area (TPSA) is 106 Å². The summed E-state index contributed by atoms with van der Waals surface area (Å²) in [6.45, 7) is 0.381. The van der Waals surface area contributed by atoms with Crippen LogP contribution in [-0.2, 0) is 20.0 Å². The van der Waals surface area contributed by atoms with E-state index in [1.54, 1.807) is 24.1 Å². The van der Waals surface area contributed by atoms with Crippen molar-refractivity contribution in [1.29, 1.82) is 0 Å². The summed E-state index contributed by atoms with van der Waals surface area (Å²) in [6, 6.07) is 4.54. The third-order valence-electron chi connectivity index (χ3n) is 3.23. The Balaban J connectivity index is 1.96. The van der Waals surface area contributed by atoms with Crippen LogP contribution in [0.4, 0.5) is 0 Å². The molecule has 2 aromatic heterocycles. The van der Waals surface area contributed by atoms with Crippen molar-refractivity contribution in [2.75, 3.05) is 0 Å². The number of aromatic carboxylic acids is 1. The first-order chi connectivity index (χ1) is 10.0. The van der Waals surface area contributed by atoms with Gasteiger partial charge in [0, 0.05) is 20.0 Å². The van der Waals surface area contributed by atoms with Gasteiger partial charge < -0.3 is 10.1 Å². The summed E-state index contributed by atoms with van der Waals surface area (Å²) in [7, 11) is 1.77. The number of H-pyrrole nitrogens is 1. The molecule has 0 aliphatic heterocycles. The van der Waals surface area contributed by atoms with E-state index in [1.807, 2.05) is 0 Å². The molecule has 0 fully saturated rings. The second-order valence-electron chi connectivity index (χ2n) is 4.70. The zero-order valence-electron chi connectivity index (χ0n) is 11.3. The van der Waals surface area contributed by atoms with E-state index < -0.39 is 5.97 Å². The van der Waals surface area contributed by atoms with E-state index >= 15 is 0 Å². The minimum Gasteiger partial charge on any atom is -0.478 e. The molecule has 2 N–H and O–H groups in total. The molecule has 8 nitrogen and oxygen atoms in total. The van der Waals surface area contributed by atoms with Crippen LogP contribution in [-0.4, -0.2) is 35.4 Å². The number of carboxylic acids is 1. The molecule has 0 atom stereocenters. The highest BCUT2D eigenvalue weighted by molar-refractivity contribution is 5.92. The van der Waals surface area contributed by atoms with Gasteiger partial charge in [0.2, 0.25) is 0 Å². The highest BCUT2D eigenvalue weighted by Crippen LogP contribution is 2.13. The normalized spacial score (nSPS) is 11.1. The molecular formula is C13H13N5O3. The number of nitrogens with one attached hydrogen (secondary N) is 1. The molecule has 2 heterocycles. The van der Waals surface area contributed by atoms with Gasteiger partial charge in [-0.15, -0.1) is 0 Å². The maximum atomic E-state index is 12.0. The van der Waals surface area contributed by atoms with E-state index in [2.05, 4.69) is 15.1 Å². The van der Waals surface area contributed by atoms with Crippen LogP contribution in [0.15, 0.2) is 29.3 Å². The molecule has 0 unspecified atom stereocenters. The first kappa shape index (κ1) is 13.1. The smallest absolute Gasteiger partial charge is 0.335 e. The van der Waals surface area contributed by atoms with Crippen LogP contribution in [0.3, 0.4) is 0 Å². The van der Waals surface area contributed by atoms with E-state index in [-0.39, 0.29) is 11.3 Å². The Morgan fingerprint density at radius 3 is 2.90 bits per heavy atom. The minimum absolute atomic E-state index is 0.145. The quantitative estimate of drug-likeness (QED) is 0.722. The lowest BCUT2D eigenvalue weighted by Crippen LogP contribution is -2.18. The summed E-state index contributed by atoms with van der Waals surface area (Å²) in [5.41, 5.74) is 1.05. The Bertz CT molecular complexity index is 873. The van der Waals surface area contributed by atoms with Gasteiger partial charge in [-0.1, -0.05) is 0 Å². The number of aryl methyl sites for hydroxylation is 3. The van der Waals surface area contributed by atoms with Crippen LogP contribution in [0.25, 0.3) is 11.0 Å². The highest BCUT2D eigenvalue weighted by atomic mass is 16.4. The number of hydrogen-bond acceptors (Lipinski definition) is 4. The van der Waals surface area contributed by atoms with Crippen molar-refractivity contribution in [3.05, 3.63) is 46.4 Å². The van der Waals surface area contributed by atoms with Gasteiger partial charge in [-0.25, -0.2) is 14.6 Å². The molecule has 0 aliphatic carbocycles. The molecule has 1 aromatic carbocycles. The maximum Gasteiger partial charge on any atom is 0.335 e. The van der Waals surface area contributed by atoms with Crippen molar-refractivity contribution in [1.82, 2.24) is 24.3 Å². The van der Waals surface area contributed by atoms with Crippen molar-refractivity contribution in [3.63, 3.8) is 0 Å². The van der Waals surface area contributed by atoms with E-state index in [4.69, 9.17) is 5.11 Å². The molecule has 0 spiro atoms. The van der Waals surface area contributed by atoms with Crippen LogP contribution in [0.2, 0.25) is 0 Å². The van der Waals surface area contributed by atoms with Crippen molar-refractivity contribution < 1.29 is 9.90 Å². The monoisotopic (exact) mass is 287 g/mol. The van der Waals surface area contributed by atoms with Gasteiger partial charge in [0.1, 0.15) is 6.33 Å². The zero-order valence-corrected chi connectivity index (χ0v) is 11.3. The standard InChI is InChI=1S/C13H13N5O3/c1-17-7-14-11(16-17)4-5-18-10-6-8(12(19)20)2-3-9(10)15-13(18)21/h2-3,6-7H,4-5H2,1H3,(H,15,21)(H,19,20). The molecular weight excluding hydrogens is 274 g/mol. The Labute approximate surface area is 118 Å². The lowest BCUT2D eigenvalue weighted by Gasteiger charge is -2.02. The van der Waals surface area contributed by atoms with Crippen molar-refractivity contribution in [3.8, 4) is 0 Å². The summed E-state index contributed by atoms with van der Waals surface area (Å²) < 4.78 is 3.09. The van der Waals surface area contributed by atoms with Gasteiger partial charge in [-0.05, 0) is 18.2 Å². The molecule has 21 heavy (non-hydrogen) atoms. The average Bonchev–Trinajstić information content (AvgIpc) is 2.98. The summed E-state index contributed by atoms with van der Waals surface area (Å²) in [5, 5.41) is 13.2. The van der Waals surface area contributed by atoms with E-state index in [9.17, 15) is 9.59 Å². The lowest BCUT2D eigenvalue weighted by molar-refractivity contribution is 0.0697. The number of benzene rings is 1. The van der Waals surface area contributed by atoms with Crippen LogP contribution in [0.1, 0.15) is 16.2 Å². The molecule has 0 saturated heterocycles. The molecule has 0 radical (unpaired) electrons. The number of imidazole rings is 1. The molecule has 0 aliphatic rings. The largest absolute Gasteiger partial charge is 0.478 e. The third kappa shape index (κ3) is 2.42. The second-order valence-corrected chi connectivity index (χ2v) is 4.70. The van der Waals surface area contributed by atoms with Gasteiger partial charge in [-0.2, -0.15) is 5.10 Å². The number of carboxylic acid groups (broad SMARTS) is 1. The third-order valence-corrected chi connectivity index (χ3v) is 3.23. The predicted molar refractivity (Wildman–Crippen MR) is 74.2 cm³/mol. The first-order valence-electron chi connectivity index (χ1n) is 6.35. The van der Waals surface area contributed by atoms with Gasteiger partial charge in [-0.3, -0.25) is 9.25 Å². The fourth-order valence-corrected chi connectivity index (χ4v) is 2.22. The van der Waals surface area contributed by atoms with Crippen LogP contribution >= 0.6 is 0 Å².